The fourth-order valence-electron chi connectivity index (χ4n) is 2.03. The van der Waals surface area contributed by atoms with Gasteiger partial charge in [0, 0.05) is 13.7 Å². The zero-order chi connectivity index (χ0) is 10.8. The Bertz CT molecular complexity index is 331. The van der Waals surface area contributed by atoms with Gasteiger partial charge in [-0.1, -0.05) is 0 Å². The van der Waals surface area contributed by atoms with Gasteiger partial charge in [-0.2, -0.15) is 5.10 Å². The van der Waals surface area contributed by atoms with E-state index in [9.17, 15) is 0 Å². The second-order valence-electron chi connectivity index (χ2n) is 3.80. The Morgan fingerprint density at radius 3 is 3.13 bits per heavy atom. The van der Waals surface area contributed by atoms with Crippen LogP contribution in [0.25, 0.3) is 0 Å². The molecule has 2 N–H and O–H groups in total. The third-order valence-corrected chi connectivity index (χ3v) is 2.85. The second-order valence-corrected chi connectivity index (χ2v) is 3.80. The molecule has 2 rings (SSSR count). The zero-order valence-electron chi connectivity index (χ0n) is 9.14. The molecule has 0 aliphatic carbocycles. The van der Waals surface area contributed by atoms with Gasteiger partial charge in [-0.25, -0.2) is 0 Å². The molecule has 84 valence electrons. The summed E-state index contributed by atoms with van der Waals surface area (Å²) in [4.78, 5) is 0. The van der Waals surface area contributed by atoms with Gasteiger partial charge in [0.2, 0.25) is 0 Å². The molecule has 0 amide bonds. The van der Waals surface area contributed by atoms with Crippen LogP contribution in [0.2, 0.25) is 0 Å². The highest BCUT2D eigenvalue weighted by atomic mass is 16.5. The fraction of sp³-hybridized carbons (Fsp3) is 0.700. The first-order chi connectivity index (χ1) is 7.24. The van der Waals surface area contributed by atoms with E-state index in [1.54, 1.807) is 18.0 Å². The molecular weight excluding hydrogens is 194 g/mol. The van der Waals surface area contributed by atoms with Crippen molar-refractivity contribution >= 4 is 0 Å². The molecule has 2 heterocycles. The van der Waals surface area contributed by atoms with Crippen molar-refractivity contribution in [2.45, 2.75) is 25.0 Å². The molecule has 0 aromatic carbocycles. The molecule has 1 aromatic rings. The maximum Gasteiger partial charge on any atom is 0.161 e. The normalized spacial score (nSPS) is 23.0. The molecule has 5 nitrogen and oxygen atoms in total. The molecule has 5 heteroatoms. The Kier molecular flexibility index (Phi) is 2.93. The van der Waals surface area contributed by atoms with Crippen LogP contribution in [0.5, 0.6) is 5.75 Å². The highest BCUT2D eigenvalue weighted by Crippen LogP contribution is 2.30. The maximum atomic E-state index is 6.16. The number of nitrogens with zero attached hydrogens (tertiary/aromatic N) is 2. The Balaban J connectivity index is 2.22. The van der Waals surface area contributed by atoms with Crippen LogP contribution < -0.4 is 10.5 Å². The monoisotopic (exact) mass is 211 g/mol. The molecule has 1 aliphatic rings. The second kappa shape index (κ2) is 4.20. The van der Waals surface area contributed by atoms with Crippen LogP contribution in [0, 0.1) is 0 Å². The first kappa shape index (κ1) is 10.4. The SMILES string of the molecule is COc1cnn(C)c1C(N)C1CCCO1. The van der Waals surface area contributed by atoms with Crippen molar-refractivity contribution in [3.05, 3.63) is 11.9 Å². The van der Waals surface area contributed by atoms with Crippen LogP contribution in [0.15, 0.2) is 6.20 Å². The summed E-state index contributed by atoms with van der Waals surface area (Å²) in [6.45, 7) is 0.804. The summed E-state index contributed by atoms with van der Waals surface area (Å²) >= 11 is 0. The lowest BCUT2D eigenvalue weighted by Crippen LogP contribution is -2.28. The van der Waals surface area contributed by atoms with E-state index in [0.717, 1.165) is 30.9 Å². The third-order valence-electron chi connectivity index (χ3n) is 2.85. The third kappa shape index (κ3) is 1.85. The zero-order valence-corrected chi connectivity index (χ0v) is 9.14. The maximum absolute atomic E-state index is 6.16. The number of aryl methyl sites for hydroxylation is 1. The van der Waals surface area contributed by atoms with E-state index in [4.69, 9.17) is 15.2 Å². The summed E-state index contributed by atoms with van der Waals surface area (Å²) in [7, 11) is 3.50. The average Bonchev–Trinajstić information content (AvgIpc) is 2.85. The number of aromatic nitrogens is 2. The predicted octanol–water partition coefficient (Wildman–Crippen LogP) is 0.607. The standard InChI is InChI=1S/C10H17N3O2/c1-13-10(8(14-2)6-12-13)9(11)7-4-3-5-15-7/h6-7,9H,3-5,11H2,1-2H3. The molecule has 0 saturated carbocycles. The number of hydrogen-bond acceptors (Lipinski definition) is 4. The molecule has 0 bridgehead atoms. The van der Waals surface area contributed by atoms with E-state index < -0.39 is 0 Å². The summed E-state index contributed by atoms with van der Waals surface area (Å²) in [5, 5.41) is 4.14. The summed E-state index contributed by atoms with van der Waals surface area (Å²) in [6.07, 6.45) is 3.87. The van der Waals surface area contributed by atoms with Crippen LogP contribution in [0.4, 0.5) is 0 Å². The number of rotatable bonds is 3. The lowest BCUT2D eigenvalue weighted by molar-refractivity contribution is 0.0870. The number of ether oxygens (including phenoxy) is 2. The van der Waals surface area contributed by atoms with Crippen LogP contribution in [-0.4, -0.2) is 29.6 Å². The molecule has 1 aliphatic heterocycles. The quantitative estimate of drug-likeness (QED) is 0.795. The molecule has 0 radical (unpaired) electrons. The minimum atomic E-state index is -0.157. The van der Waals surface area contributed by atoms with Gasteiger partial charge in [-0.05, 0) is 12.8 Å². The van der Waals surface area contributed by atoms with E-state index >= 15 is 0 Å². The molecular formula is C10H17N3O2. The number of nitrogens with two attached hydrogens (primary N) is 1. The van der Waals surface area contributed by atoms with E-state index in [-0.39, 0.29) is 12.1 Å². The number of methoxy groups -OCH3 is 1. The Morgan fingerprint density at radius 1 is 1.73 bits per heavy atom. The predicted molar refractivity (Wildman–Crippen MR) is 55.7 cm³/mol. The van der Waals surface area contributed by atoms with E-state index in [1.165, 1.54) is 0 Å². The smallest absolute Gasteiger partial charge is 0.161 e. The van der Waals surface area contributed by atoms with Gasteiger partial charge < -0.3 is 15.2 Å². The first-order valence-electron chi connectivity index (χ1n) is 5.17. The minimum absolute atomic E-state index is 0.0919. The van der Waals surface area contributed by atoms with Crippen LogP contribution in [-0.2, 0) is 11.8 Å². The van der Waals surface area contributed by atoms with Crippen molar-refractivity contribution in [2.75, 3.05) is 13.7 Å². The lowest BCUT2D eigenvalue weighted by atomic mass is 10.1. The fourth-order valence-corrected chi connectivity index (χ4v) is 2.03. The Hall–Kier alpha value is -1.07. The highest BCUT2D eigenvalue weighted by Gasteiger charge is 2.28. The minimum Gasteiger partial charge on any atom is -0.493 e. The van der Waals surface area contributed by atoms with E-state index in [2.05, 4.69) is 5.10 Å². The van der Waals surface area contributed by atoms with Crippen molar-refractivity contribution in [1.82, 2.24) is 9.78 Å². The highest BCUT2D eigenvalue weighted by molar-refractivity contribution is 5.28. The molecule has 2 atom stereocenters. The Morgan fingerprint density at radius 2 is 2.53 bits per heavy atom. The van der Waals surface area contributed by atoms with Gasteiger partial charge in [0.1, 0.15) is 0 Å². The van der Waals surface area contributed by atoms with Crippen LogP contribution >= 0.6 is 0 Å². The topological polar surface area (TPSA) is 62.3 Å². The molecule has 1 aromatic heterocycles. The van der Waals surface area contributed by atoms with Crippen molar-refractivity contribution < 1.29 is 9.47 Å². The van der Waals surface area contributed by atoms with Crippen LogP contribution in [0.3, 0.4) is 0 Å². The van der Waals surface area contributed by atoms with Gasteiger partial charge in [0.05, 0.1) is 31.1 Å². The largest absolute Gasteiger partial charge is 0.493 e. The van der Waals surface area contributed by atoms with Crippen LogP contribution in [0.1, 0.15) is 24.6 Å². The molecule has 0 spiro atoms. The molecule has 1 fully saturated rings. The summed E-state index contributed by atoms with van der Waals surface area (Å²) in [5.41, 5.74) is 7.06. The molecule has 1 saturated heterocycles. The summed E-state index contributed by atoms with van der Waals surface area (Å²) in [5.74, 6) is 0.737. The van der Waals surface area contributed by atoms with Crippen molar-refractivity contribution in [2.24, 2.45) is 12.8 Å². The average molecular weight is 211 g/mol. The van der Waals surface area contributed by atoms with Gasteiger partial charge in [-0.3, -0.25) is 4.68 Å². The molecule has 2 unspecified atom stereocenters. The van der Waals surface area contributed by atoms with Gasteiger partial charge in [0.15, 0.2) is 5.75 Å². The van der Waals surface area contributed by atoms with Gasteiger partial charge >= 0.3 is 0 Å². The van der Waals surface area contributed by atoms with E-state index in [1.807, 2.05) is 7.05 Å². The Labute approximate surface area is 89.2 Å². The van der Waals surface area contributed by atoms with Gasteiger partial charge in [0.25, 0.3) is 0 Å². The van der Waals surface area contributed by atoms with Crippen molar-refractivity contribution in [3.8, 4) is 5.75 Å². The first-order valence-corrected chi connectivity index (χ1v) is 5.17. The van der Waals surface area contributed by atoms with Crippen molar-refractivity contribution in [3.63, 3.8) is 0 Å². The number of hydrogen-bond donors (Lipinski definition) is 1. The van der Waals surface area contributed by atoms with Crippen molar-refractivity contribution in [1.29, 1.82) is 0 Å². The van der Waals surface area contributed by atoms with E-state index in [0.29, 0.717) is 0 Å². The summed E-state index contributed by atoms with van der Waals surface area (Å²) < 4.78 is 12.6. The summed E-state index contributed by atoms with van der Waals surface area (Å²) in [6, 6.07) is -0.157. The molecule has 15 heavy (non-hydrogen) atoms. The van der Waals surface area contributed by atoms with Gasteiger partial charge in [-0.15, -0.1) is 0 Å². The lowest BCUT2D eigenvalue weighted by Gasteiger charge is -2.19.